The molecule has 1 aliphatic carbocycles. The molecule has 3 aromatic rings. The lowest BCUT2D eigenvalue weighted by atomic mass is 9.75. The summed E-state index contributed by atoms with van der Waals surface area (Å²) in [5.74, 6) is 0.335. The summed E-state index contributed by atoms with van der Waals surface area (Å²) in [5.41, 5.74) is 3.66. The molecular formula is C22H22N2O3. The van der Waals surface area contributed by atoms with E-state index in [1.165, 1.54) is 23.3 Å². The van der Waals surface area contributed by atoms with Gasteiger partial charge in [-0.1, -0.05) is 66.6 Å². The fourth-order valence-corrected chi connectivity index (χ4v) is 3.81. The number of rotatable bonds is 3. The van der Waals surface area contributed by atoms with Crippen LogP contribution in [0.3, 0.4) is 0 Å². The monoisotopic (exact) mass is 362 g/mol. The van der Waals surface area contributed by atoms with Gasteiger partial charge in [-0.05, 0) is 34.6 Å². The number of carbonyl (C=O) groups excluding carboxylic acids is 1. The Labute approximate surface area is 158 Å². The predicted octanol–water partition coefficient (Wildman–Crippen LogP) is 4.66. The normalized spacial score (nSPS) is 17.1. The summed E-state index contributed by atoms with van der Waals surface area (Å²) in [7, 11) is 0. The van der Waals surface area contributed by atoms with E-state index in [1.54, 1.807) is 0 Å². The van der Waals surface area contributed by atoms with Crippen molar-refractivity contribution in [1.29, 1.82) is 0 Å². The van der Waals surface area contributed by atoms with Crippen LogP contribution in [-0.2, 0) is 22.5 Å². The highest BCUT2D eigenvalue weighted by Crippen LogP contribution is 2.37. The SMILES string of the molecule is CC(=O)ON=C1CC(C)(C)Cc2noc(Cc3cccc4ccccc34)c21. The largest absolute Gasteiger partial charge is 0.360 e. The average Bonchev–Trinajstić information content (AvgIpc) is 3.01. The van der Waals surface area contributed by atoms with Gasteiger partial charge < -0.3 is 9.36 Å². The Hall–Kier alpha value is -2.95. The first-order valence-electron chi connectivity index (χ1n) is 9.12. The first-order chi connectivity index (χ1) is 12.9. The van der Waals surface area contributed by atoms with Gasteiger partial charge in [-0.25, -0.2) is 4.79 Å². The number of fused-ring (bicyclic) bond motifs is 2. The molecule has 0 N–H and O–H groups in total. The molecule has 0 amide bonds. The van der Waals surface area contributed by atoms with E-state index in [2.05, 4.69) is 54.5 Å². The molecule has 4 rings (SSSR count). The molecule has 0 saturated heterocycles. The summed E-state index contributed by atoms with van der Waals surface area (Å²) in [6.45, 7) is 5.65. The van der Waals surface area contributed by atoms with Crippen LogP contribution in [-0.4, -0.2) is 16.8 Å². The van der Waals surface area contributed by atoms with Gasteiger partial charge in [0, 0.05) is 13.3 Å². The Morgan fingerprint density at radius 1 is 1.19 bits per heavy atom. The Morgan fingerprint density at radius 2 is 1.96 bits per heavy atom. The van der Waals surface area contributed by atoms with Crippen molar-refractivity contribution in [2.45, 2.75) is 40.0 Å². The summed E-state index contributed by atoms with van der Waals surface area (Å²) >= 11 is 0. The lowest BCUT2D eigenvalue weighted by Crippen LogP contribution is -2.28. The van der Waals surface area contributed by atoms with E-state index in [-0.39, 0.29) is 5.41 Å². The summed E-state index contributed by atoms with van der Waals surface area (Å²) in [5, 5.41) is 10.8. The van der Waals surface area contributed by atoms with Gasteiger partial charge in [0.2, 0.25) is 0 Å². The second-order valence-electron chi connectivity index (χ2n) is 7.88. The summed E-state index contributed by atoms with van der Waals surface area (Å²) in [6, 6.07) is 14.6. The highest BCUT2D eigenvalue weighted by Gasteiger charge is 2.35. The van der Waals surface area contributed by atoms with Crippen LogP contribution >= 0.6 is 0 Å². The minimum absolute atomic E-state index is 0.0143. The third kappa shape index (κ3) is 3.50. The number of benzene rings is 2. The zero-order valence-electron chi connectivity index (χ0n) is 15.8. The van der Waals surface area contributed by atoms with Gasteiger partial charge in [-0.3, -0.25) is 0 Å². The van der Waals surface area contributed by atoms with Gasteiger partial charge in [0.25, 0.3) is 0 Å². The fourth-order valence-electron chi connectivity index (χ4n) is 3.81. The van der Waals surface area contributed by atoms with Crippen molar-refractivity contribution in [2.75, 3.05) is 0 Å². The van der Waals surface area contributed by atoms with Crippen molar-refractivity contribution in [3.05, 3.63) is 65.0 Å². The highest BCUT2D eigenvalue weighted by atomic mass is 16.7. The van der Waals surface area contributed by atoms with Crippen LogP contribution in [0.4, 0.5) is 0 Å². The molecule has 0 spiro atoms. The standard InChI is InChI=1S/C22H22N2O3/c1-14(25)26-23-18-12-22(2,3)13-19-21(18)20(27-24-19)11-16-9-6-8-15-7-4-5-10-17(15)16/h4-10H,11-13H2,1-3H3. The number of carbonyl (C=O) groups is 1. The van der Waals surface area contributed by atoms with Gasteiger partial charge in [0.1, 0.15) is 0 Å². The van der Waals surface area contributed by atoms with Crippen LogP contribution in [0.25, 0.3) is 10.8 Å². The molecule has 1 aromatic heterocycles. The number of aromatic nitrogens is 1. The van der Waals surface area contributed by atoms with E-state index >= 15 is 0 Å². The Bertz CT molecular complexity index is 1040. The first-order valence-corrected chi connectivity index (χ1v) is 9.12. The maximum atomic E-state index is 11.3. The van der Waals surface area contributed by atoms with Crippen LogP contribution in [0.5, 0.6) is 0 Å². The minimum Gasteiger partial charge on any atom is -0.360 e. The number of nitrogens with zero attached hydrogens (tertiary/aromatic N) is 2. The lowest BCUT2D eigenvalue weighted by Gasteiger charge is -2.28. The average molecular weight is 362 g/mol. The molecule has 27 heavy (non-hydrogen) atoms. The van der Waals surface area contributed by atoms with Gasteiger partial charge in [0.05, 0.1) is 17.0 Å². The van der Waals surface area contributed by atoms with Crippen molar-refractivity contribution in [3.8, 4) is 0 Å². The van der Waals surface area contributed by atoms with E-state index in [0.29, 0.717) is 12.8 Å². The molecule has 0 radical (unpaired) electrons. The van der Waals surface area contributed by atoms with Gasteiger partial charge in [-0.2, -0.15) is 0 Å². The molecule has 0 unspecified atom stereocenters. The van der Waals surface area contributed by atoms with Crippen LogP contribution in [0, 0.1) is 5.41 Å². The third-order valence-electron chi connectivity index (χ3n) is 4.93. The minimum atomic E-state index is -0.431. The second-order valence-corrected chi connectivity index (χ2v) is 7.88. The molecule has 5 heteroatoms. The smallest absolute Gasteiger partial charge is 0.331 e. The van der Waals surface area contributed by atoms with Crippen LogP contribution < -0.4 is 0 Å². The molecule has 0 aliphatic heterocycles. The van der Waals surface area contributed by atoms with E-state index in [1.807, 2.05) is 12.1 Å². The lowest BCUT2D eigenvalue weighted by molar-refractivity contribution is -0.140. The molecule has 0 saturated carbocycles. The molecule has 0 atom stereocenters. The van der Waals surface area contributed by atoms with E-state index < -0.39 is 5.97 Å². The topological polar surface area (TPSA) is 64.7 Å². The second kappa shape index (κ2) is 6.65. The quantitative estimate of drug-likeness (QED) is 0.502. The molecule has 5 nitrogen and oxygen atoms in total. The molecular weight excluding hydrogens is 340 g/mol. The maximum Gasteiger partial charge on any atom is 0.331 e. The molecule has 0 bridgehead atoms. The number of oxime groups is 1. The fraction of sp³-hybridized carbons (Fsp3) is 0.318. The maximum absolute atomic E-state index is 11.3. The summed E-state index contributed by atoms with van der Waals surface area (Å²) < 4.78 is 5.73. The van der Waals surface area contributed by atoms with Crippen molar-refractivity contribution < 1.29 is 14.2 Å². The van der Waals surface area contributed by atoms with E-state index in [4.69, 9.17) is 9.36 Å². The molecule has 1 heterocycles. The Kier molecular flexibility index (Phi) is 4.30. The van der Waals surface area contributed by atoms with Crippen molar-refractivity contribution in [3.63, 3.8) is 0 Å². The van der Waals surface area contributed by atoms with Crippen molar-refractivity contribution in [1.82, 2.24) is 5.16 Å². The predicted molar refractivity (Wildman–Crippen MR) is 104 cm³/mol. The van der Waals surface area contributed by atoms with Crippen LogP contribution in [0.15, 0.2) is 52.1 Å². The number of hydrogen-bond donors (Lipinski definition) is 0. The molecule has 0 fully saturated rings. The van der Waals surface area contributed by atoms with E-state index in [9.17, 15) is 4.79 Å². The third-order valence-corrected chi connectivity index (χ3v) is 4.93. The Balaban J connectivity index is 1.77. The van der Waals surface area contributed by atoms with Gasteiger partial charge in [0.15, 0.2) is 5.76 Å². The van der Waals surface area contributed by atoms with Crippen molar-refractivity contribution >= 4 is 22.5 Å². The summed E-state index contributed by atoms with van der Waals surface area (Å²) in [4.78, 5) is 16.2. The summed E-state index contributed by atoms with van der Waals surface area (Å²) in [6.07, 6.45) is 2.13. The molecule has 2 aromatic carbocycles. The zero-order valence-corrected chi connectivity index (χ0v) is 15.8. The molecule has 138 valence electrons. The van der Waals surface area contributed by atoms with Crippen LogP contribution in [0.2, 0.25) is 0 Å². The van der Waals surface area contributed by atoms with Gasteiger partial charge >= 0.3 is 5.97 Å². The van der Waals surface area contributed by atoms with Crippen molar-refractivity contribution in [2.24, 2.45) is 10.6 Å². The highest BCUT2D eigenvalue weighted by molar-refractivity contribution is 6.03. The van der Waals surface area contributed by atoms with Gasteiger partial charge in [-0.15, -0.1) is 0 Å². The Morgan fingerprint density at radius 3 is 2.78 bits per heavy atom. The number of hydrogen-bond acceptors (Lipinski definition) is 5. The first kappa shape index (κ1) is 17.5. The van der Waals surface area contributed by atoms with E-state index in [0.717, 1.165) is 29.2 Å². The van der Waals surface area contributed by atoms with Crippen LogP contribution in [0.1, 0.15) is 49.8 Å². The zero-order chi connectivity index (χ0) is 19.0. The molecule has 1 aliphatic rings.